The monoisotopic (exact) mass is 381 g/mol. The van der Waals surface area contributed by atoms with Crippen LogP contribution in [0.15, 0.2) is 48.5 Å². The Balaban J connectivity index is 2.32. The van der Waals surface area contributed by atoms with Gasteiger partial charge in [-0.3, -0.25) is 4.79 Å². The van der Waals surface area contributed by atoms with Gasteiger partial charge in [0.15, 0.2) is 0 Å². The molecule has 0 aromatic heterocycles. The van der Waals surface area contributed by atoms with Gasteiger partial charge in [-0.05, 0) is 36.1 Å². The Morgan fingerprint density at radius 2 is 1.29 bits per heavy atom. The second-order valence-corrected chi connectivity index (χ2v) is 6.54. The molecule has 0 heterocycles. The third-order valence-electron chi connectivity index (χ3n) is 4.83. The lowest BCUT2D eigenvalue weighted by molar-refractivity contribution is -0.168. The third kappa shape index (κ3) is 3.05. The largest absolute Gasteiger partial charge is 0.464 e. The molecule has 3 rings (SSSR count). The van der Waals surface area contributed by atoms with Gasteiger partial charge in [0.25, 0.3) is 0 Å². The first-order valence-electron chi connectivity index (χ1n) is 9.28. The van der Waals surface area contributed by atoms with E-state index in [1.165, 1.54) is 6.92 Å². The van der Waals surface area contributed by atoms with Gasteiger partial charge in [-0.25, -0.2) is 9.59 Å². The van der Waals surface area contributed by atoms with Crippen LogP contribution in [0.3, 0.4) is 0 Å². The summed E-state index contributed by atoms with van der Waals surface area (Å²) < 4.78 is 10.5. The fourth-order valence-corrected chi connectivity index (χ4v) is 3.88. The van der Waals surface area contributed by atoms with Gasteiger partial charge in [-0.1, -0.05) is 48.5 Å². The van der Waals surface area contributed by atoms with E-state index in [1.807, 2.05) is 48.5 Å². The topological polar surface area (TPSA) is 81.7 Å². The molecule has 6 heteroatoms. The molecule has 0 atom stereocenters. The van der Waals surface area contributed by atoms with Crippen molar-refractivity contribution < 1.29 is 23.9 Å². The van der Waals surface area contributed by atoms with E-state index < -0.39 is 29.3 Å². The van der Waals surface area contributed by atoms with Gasteiger partial charge in [0, 0.05) is 6.92 Å². The maximum Gasteiger partial charge on any atom is 0.344 e. The normalized spacial score (nSPS) is 12.7. The first kappa shape index (κ1) is 19.6. The number of nitrogens with one attached hydrogen (secondary N) is 1. The number of hydrogen-bond donors (Lipinski definition) is 1. The van der Waals surface area contributed by atoms with E-state index in [0.29, 0.717) is 0 Å². The summed E-state index contributed by atoms with van der Waals surface area (Å²) in [6.07, 6.45) is 0. The van der Waals surface area contributed by atoms with Gasteiger partial charge in [-0.2, -0.15) is 0 Å². The van der Waals surface area contributed by atoms with E-state index in [1.54, 1.807) is 13.8 Å². The first-order valence-corrected chi connectivity index (χ1v) is 9.28. The Morgan fingerprint density at radius 1 is 0.857 bits per heavy atom. The van der Waals surface area contributed by atoms with Gasteiger partial charge in [0.1, 0.15) is 0 Å². The molecule has 1 N–H and O–H groups in total. The van der Waals surface area contributed by atoms with E-state index in [2.05, 4.69) is 5.32 Å². The number of amides is 1. The summed E-state index contributed by atoms with van der Waals surface area (Å²) in [5, 5.41) is 2.60. The van der Waals surface area contributed by atoms with Gasteiger partial charge >= 0.3 is 11.9 Å². The zero-order valence-corrected chi connectivity index (χ0v) is 16.2. The Kier molecular flexibility index (Phi) is 5.49. The van der Waals surface area contributed by atoms with E-state index in [0.717, 1.165) is 22.3 Å². The van der Waals surface area contributed by atoms with E-state index in [4.69, 9.17) is 9.47 Å². The molecule has 1 aliphatic rings. The van der Waals surface area contributed by atoms with Crippen molar-refractivity contribution in [2.75, 3.05) is 13.2 Å². The Hall–Kier alpha value is -3.15. The van der Waals surface area contributed by atoms with Crippen molar-refractivity contribution in [3.05, 3.63) is 59.7 Å². The predicted octanol–water partition coefficient (Wildman–Crippen LogP) is 2.80. The second kappa shape index (κ2) is 7.84. The van der Waals surface area contributed by atoms with Crippen molar-refractivity contribution in [2.24, 2.45) is 0 Å². The molecule has 0 spiro atoms. The number of carbonyl (C=O) groups is 3. The summed E-state index contributed by atoms with van der Waals surface area (Å²) in [5.41, 5.74) is 1.33. The molecule has 6 nitrogen and oxygen atoms in total. The minimum atomic E-state index is -2.01. The summed E-state index contributed by atoms with van der Waals surface area (Å²) in [6, 6.07) is 15.1. The first-order chi connectivity index (χ1) is 13.5. The van der Waals surface area contributed by atoms with Crippen LogP contribution in [0.4, 0.5) is 0 Å². The van der Waals surface area contributed by atoms with Crippen molar-refractivity contribution in [3.8, 4) is 11.1 Å². The summed E-state index contributed by atoms with van der Waals surface area (Å²) >= 11 is 0. The van der Waals surface area contributed by atoms with Crippen molar-refractivity contribution in [1.82, 2.24) is 5.32 Å². The zero-order valence-electron chi connectivity index (χ0n) is 16.2. The molecule has 0 unspecified atom stereocenters. The van der Waals surface area contributed by atoms with E-state index >= 15 is 0 Å². The molecule has 0 fully saturated rings. The second-order valence-electron chi connectivity index (χ2n) is 6.54. The standard InChI is InChI=1S/C22H23NO5/c1-4-27-20(25)22(23-14(3)24,21(26)28-5-2)19-17-12-8-6-10-15(17)16-11-7-9-13-18(16)19/h6-13,19H,4-5H2,1-3H3,(H,23,24). The maximum atomic E-state index is 13.2. The highest BCUT2D eigenvalue weighted by atomic mass is 16.6. The van der Waals surface area contributed by atoms with E-state index in [9.17, 15) is 14.4 Å². The van der Waals surface area contributed by atoms with Crippen LogP contribution in [-0.4, -0.2) is 36.6 Å². The molecule has 146 valence electrons. The molecule has 28 heavy (non-hydrogen) atoms. The molecule has 0 radical (unpaired) electrons. The molecular weight excluding hydrogens is 358 g/mol. The number of ether oxygens (including phenoxy) is 2. The summed E-state index contributed by atoms with van der Waals surface area (Å²) in [4.78, 5) is 38.5. The SMILES string of the molecule is CCOC(=O)C(NC(C)=O)(C(=O)OCC)C1c2ccccc2-c2ccccc21. The molecule has 0 bridgehead atoms. The van der Waals surface area contributed by atoms with Crippen LogP contribution >= 0.6 is 0 Å². The summed E-state index contributed by atoms with van der Waals surface area (Å²) in [6.45, 7) is 4.70. The average molecular weight is 381 g/mol. The number of benzene rings is 2. The average Bonchev–Trinajstić information content (AvgIpc) is 3.01. The number of esters is 2. The number of hydrogen-bond acceptors (Lipinski definition) is 5. The van der Waals surface area contributed by atoms with Crippen molar-refractivity contribution in [1.29, 1.82) is 0 Å². The van der Waals surface area contributed by atoms with Crippen molar-refractivity contribution in [2.45, 2.75) is 32.2 Å². The lowest BCUT2D eigenvalue weighted by Crippen LogP contribution is -2.64. The Morgan fingerprint density at radius 3 is 1.68 bits per heavy atom. The molecule has 0 saturated heterocycles. The minimum absolute atomic E-state index is 0.0651. The van der Waals surface area contributed by atoms with Crippen molar-refractivity contribution >= 4 is 17.8 Å². The van der Waals surface area contributed by atoms with Gasteiger partial charge in [0.2, 0.25) is 11.4 Å². The number of fused-ring (bicyclic) bond motifs is 3. The van der Waals surface area contributed by atoms with Crippen LogP contribution in [0.1, 0.15) is 37.8 Å². The van der Waals surface area contributed by atoms with Crippen LogP contribution in [-0.2, 0) is 23.9 Å². The minimum Gasteiger partial charge on any atom is -0.464 e. The molecule has 1 amide bonds. The zero-order chi connectivity index (χ0) is 20.3. The van der Waals surface area contributed by atoms with Crippen LogP contribution in [0.25, 0.3) is 11.1 Å². The van der Waals surface area contributed by atoms with Crippen LogP contribution in [0, 0.1) is 0 Å². The highest BCUT2D eigenvalue weighted by Crippen LogP contribution is 2.50. The molecule has 0 aliphatic heterocycles. The highest BCUT2D eigenvalue weighted by molar-refractivity contribution is 6.10. The number of rotatable bonds is 6. The van der Waals surface area contributed by atoms with Gasteiger partial charge < -0.3 is 14.8 Å². The molecule has 2 aromatic rings. The van der Waals surface area contributed by atoms with Gasteiger partial charge in [-0.15, -0.1) is 0 Å². The fraction of sp³-hybridized carbons (Fsp3) is 0.318. The van der Waals surface area contributed by atoms with Crippen molar-refractivity contribution in [3.63, 3.8) is 0 Å². The van der Waals surface area contributed by atoms with Gasteiger partial charge in [0.05, 0.1) is 19.1 Å². The fourth-order valence-electron chi connectivity index (χ4n) is 3.88. The molecular formula is C22H23NO5. The molecule has 2 aromatic carbocycles. The third-order valence-corrected chi connectivity index (χ3v) is 4.83. The highest BCUT2D eigenvalue weighted by Gasteiger charge is 2.59. The Labute approximate surface area is 163 Å². The lowest BCUT2D eigenvalue weighted by atomic mass is 9.77. The lowest BCUT2D eigenvalue weighted by Gasteiger charge is -2.35. The summed E-state index contributed by atoms with van der Waals surface area (Å²) in [5.74, 6) is -2.95. The number of carbonyl (C=O) groups excluding carboxylic acids is 3. The summed E-state index contributed by atoms with van der Waals surface area (Å²) in [7, 11) is 0. The maximum absolute atomic E-state index is 13.2. The van der Waals surface area contributed by atoms with Crippen LogP contribution in [0.5, 0.6) is 0 Å². The van der Waals surface area contributed by atoms with Crippen LogP contribution < -0.4 is 5.32 Å². The predicted molar refractivity (Wildman–Crippen MR) is 104 cm³/mol. The molecule has 1 aliphatic carbocycles. The molecule has 0 saturated carbocycles. The quantitative estimate of drug-likeness (QED) is 0.615. The Bertz CT molecular complexity index is 857. The van der Waals surface area contributed by atoms with E-state index in [-0.39, 0.29) is 13.2 Å². The smallest absolute Gasteiger partial charge is 0.344 e. The van der Waals surface area contributed by atoms with Crippen LogP contribution in [0.2, 0.25) is 0 Å².